The van der Waals surface area contributed by atoms with Crippen molar-refractivity contribution in [3.8, 4) is 6.19 Å². The van der Waals surface area contributed by atoms with Gasteiger partial charge in [-0.1, -0.05) is 13.3 Å². The maximum atomic E-state index is 8.96. The van der Waals surface area contributed by atoms with Crippen LogP contribution < -0.4 is 0 Å². The summed E-state index contributed by atoms with van der Waals surface area (Å²) in [5.41, 5.74) is 0. The summed E-state index contributed by atoms with van der Waals surface area (Å²) in [5.74, 6) is 3.49. The molecule has 98 valence electrons. The number of nitrogens with zero attached hydrogens (tertiary/aromatic N) is 3. The first-order chi connectivity index (χ1) is 8.83. The molecule has 4 unspecified atom stereocenters. The molecule has 3 rings (SSSR count). The number of piperidine rings is 1. The van der Waals surface area contributed by atoms with Gasteiger partial charge in [-0.25, -0.2) is 0 Å². The molecule has 0 spiro atoms. The summed E-state index contributed by atoms with van der Waals surface area (Å²) in [4.78, 5) is 6.71. The summed E-state index contributed by atoms with van der Waals surface area (Å²) in [7, 11) is 0. The largest absolute Gasteiger partial charge is 0.356 e. The second kappa shape index (κ2) is 4.91. The van der Waals surface area contributed by atoms with E-state index in [1.165, 1.54) is 38.5 Å². The van der Waals surface area contributed by atoms with Gasteiger partial charge in [-0.05, 0) is 50.4 Å². The molecule has 0 radical (unpaired) electrons. The fourth-order valence-electron chi connectivity index (χ4n) is 4.51. The van der Waals surface area contributed by atoms with E-state index in [4.69, 9.17) is 5.26 Å². The lowest BCUT2D eigenvalue weighted by Gasteiger charge is -2.42. The van der Waals surface area contributed by atoms with E-state index in [-0.39, 0.29) is 0 Å². The molecule has 3 heteroatoms. The molecular formula is C15H23N3. The average Bonchev–Trinajstić information content (AvgIpc) is 3.01. The maximum Gasteiger partial charge on any atom is 0.207 e. The highest BCUT2D eigenvalue weighted by Crippen LogP contribution is 2.47. The van der Waals surface area contributed by atoms with Crippen molar-refractivity contribution in [2.24, 2.45) is 22.7 Å². The molecule has 0 N–H and O–H groups in total. The highest BCUT2D eigenvalue weighted by molar-refractivity contribution is 5.86. The number of amidine groups is 1. The third kappa shape index (κ3) is 1.92. The van der Waals surface area contributed by atoms with Gasteiger partial charge in [0.05, 0.1) is 0 Å². The number of aliphatic imine (C=N–C) groups is 1. The zero-order valence-corrected chi connectivity index (χ0v) is 11.3. The van der Waals surface area contributed by atoms with Crippen LogP contribution >= 0.6 is 0 Å². The molecule has 0 amide bonds. The van der Waals surface area contributed by atoms with Gasteiger partial charge < -0.3 is 4.90 Å². The van der Waals surface area contributed by atoms with Crippen molar-refractivity contribution in [1.29, 1.82) is 5.26 Å². The monoisotopic (exact) mass is 245 g/mol. The summed E-state index contributed by atoms with van der Waals surface area (Å²) in [5, 5.41) is 8.96. The molecule has 3 aliphatic rings. The van der Waals surface area contributed by atoms with Gasteiger partial charge in [0.2, 0.25) is 6.19 Å². The number of nitriles is 1. The molecule has 3 nitrogen and oxygen atoms in total. The lowest BCUT2D eigenvalue weighted by molar-refractivity contribution is 0.194. The third-order valence-electron chi connectivity index (χ3n) is 5.37. The van der Waals surface area contributed by atoms with Gasteiger partial charge in [-0.15, -0.1) is 0 Å². The summed E-state index contributed by atoms with van der Waals surface area (Å²) in [6.07, 6.45) is 11.3. The van der Waals surface area contributed by atoms with Crippen LogP contribution in [0.3, 0.4) is 0 Å². The van der Waals surface area contributed by atoms with Crippen molar-refractivity contribution in [2.45, 2.75) is 57.9 Å². The Labute approximate surface area is 110 Å². The number of hydrogen-bond acceptors (Lipinski definition) is 2. The first kappa shape index (κ1) is 12.0. The van der Waals surface area contributed by atoms with Crippen molar-refractivity contribution < 1.29 is 0 Å². The van der Waals surface area contributed by atoms with Crippen molar-refractivity contribution in [1.82, 2.24) is 4.90 Å². The first-order valence-corrected chi connectivity index (χ1v) is 7.56. The van der Waals surface area contributed by atoms with E-state index >= 15 is 0 Å². The van der Waals surface area contributed by atoms with Crippen LogP contribution in [-0.2, 0) is 0 Å². The minimum absolute atomic E-state index is 0.525. The van der Waals surface area contributed by atoms with E-state index in [0.717, 1.165) is 30.6 Å². The standard InChI is InChI=1S/C15H23N3/c1-2-12-4-3-7-18(15(12)17-10-16)14-9-11-5-6-13(14)8-11/h11-14H,2-9H2,1H3. The zero-order chi connectivity index (χ0) is 12.5. The Morgan fingerprint density at radius 2 is 2.22 bits per heavy atom. The third-order valence-corrected chi connectivity index (χ3v) is 5.37. The van der Waals surface area contributed by atoms with E-state index in [1.54, 1.807) is 0 Å². The predicted octanol–water partition coefficient (Wildman–Crippen LogP) is 3.18. The molecule has 1 heterocycles. The Balaban J connectivity index is 1.81. The van der Waals surface area contributed by atoms with Gasteiger partial charge in [-0.3, -0.25) is 0 Å². The van der Waals surface area contributed by atoms with Crippen LogP contribution in [0.2, 0.25) is 0 Å². The molecule has 4 atom stereocenters. The van der Waals surface area contributed by atoms with Crippen LogP contribution in [0.25, 0.3) is 0 Å². The molecule has 0 aromatic carbocycles. The van der Waals surface area contributed by atoms with Crippen molar-refractivity contribution >= 4 is 5.84 Å². The molecule has 2 bridgehead atoms. The van der Waals surface area contributed by atoms with Crippen molar-refractivity contribution in [3.63, 3.8) is 0 Å². The number of rotatable bonds is 2. The van der Waals surface area contributed by atoms with Crippen LogP contribution in [0.15, 0.2) is 4.99 Å². The molecular weight excluding hydrogens is 222 g/mol. The van der Waals surface area contributed by atoms with Crippen molar-refractivity contribution in [2.75, 3.05) is 6.54 Å². The van der Waals surface area contributed by atoms with Gasteiger partial charge in [0, 0.05) is 18.5 Å². The Bertz CT molecular complexity index is 382. The number of fused-ring (bicyclic) bond motifs is 2. The normalized spacial score (nSPS) is 41.3. The Morgan fingerprint density at radius 1 is 1.33 bits per heavy atom. The summed E-state index contributed by atoms with van der Waals surface area (Å²) >= 11 is 0. The highest BCUT2D eigenvalue weighted by Gasteiger charge is 2.44. The van der Waals surface area contributed by atoms with E-state index in [9.17, 15) is 0 Å². The van der Waals surface area contributed by atoms with E-state index in [2.05, 4.69) is 16.8 Å². The maximum absolute atomic E-state index is 8.96. The highest BCUT2D eigenvalue weighted by atomic mass is 15.2. The van der Waals surface area contributed by atoms with E-state index in [0.29, 0.717) is 12.0 Å². The van der Waals surface area contributed by atoms with E-state index < -0.39 is 0 Å². The molecule has 0 aromatic rings. The van der Waals surface area contributed by atoms with Gasteiger partial charge in [0.15, 0.2) is 0 Å². The molecule has 3 fully saturated rings. The SMILES string of the molecule is CCC1CCCN(C2CC3CCC2C3)C1=NC#N. The summed E-state index contributed by atoms with van der Waals surface area (Å²) in [6, 6.07) is 0.699. The fraction of sp³-hybridized carbons (Fsp3) is 0.867. The van der Waals surface area contributed by atoms with Crippen LogP contribution in [0.1, 0.15) is 51.9 Å². The molecule has 2 aliphatic carbocycles. The smallest absolute Gasteiger partial charge is 0.207 e. The minimum Gasteiger partial charge on any atom is -0.356 e. The van der Waals surface area contributed by atoms with Crippen molar-refractivity contribution in [3.05, 3.63) is 0 Å². The quantitative estimate of drug-likeness (QED) is 0.701. The molecule has 18 heavy (non-hydrogen) atoms. The minimum atomic E-state index is 0.525. The van der Waals surface area contributed by atoms with Crippen LogP contribution in [0.4, 0.5) is 0 Å². The fourth-order valence-corrected chi connectivity index (χ4v) is 4.51. The van der Waals surface area contributed by atoms with Gasteiger partial charge >= 0.3 is 0 Å². The number of likely N-dealkylation sites (tertiary alicyclic amines) is 1. The molecule has 0 aromatic heterocycles. The van der Waals surface area contributed by atoms with E-state index in [1.807, 2.05) is 6.19 Å². The Morgan fingerprint density at radius 3 is 2.83 bits per heavy atom. The van der Waals surface area contributed by atoms with Gasteiger partial charge in [-0.2, -0.15) is 10.3 Å². The van der Waals surface area contributed by atoms with Crippen LogP contribution in [-0.4, -0.2) is 23.3 Å². The molecule has 1 saturated heterocycles. The first-order valence-electron chi connectivity index (χ1n) is 7.56. The van der Waals surface area contributed by atoms with Crippen LogP contribution in [0.5, 0.6) is 0 Å². The second-order valence-electron chi connectivity index (χ2n) is 6.25. The molecule has 2 saturated carbocycles. The van der Waals surface area contributed by atoms with Crippen LogP contribution in [0, 0.1) is 29.2 Å². The Hall–Kier alpha value is -1.04. The zero-order valence-electron chi connectivity index (χ0n) is 11.3. The lowest BCUT2D eigenvalue weighted by Crippen LogP contribution is -2.49. The average molecular weight is 245 g/mol. The lowest BCUT2D eigenvalue weighted by atomic mass is 9.88. The topological polar surface area (TPSA) is 39.4 Å². The Kier molecular flexibility index (Phi) is 3.28. The summed E-state index contributed by atoms with van der Waals surface area (Å²) < 4.78 is 0. The predicted molar refractivity (Wildman–Crippen MR) is 72.0 cm³/mol. The molecule has 1 aliphatic heterocycles. The van der Waals surface area contributed by atoms with Gasteiger partial charge in [0.1, 0.15) is 5.84 Å². The number of hydrogen-bond donors (Lipinski definition) is 0. The second-order valence-corrected chi connectivity index (χ2v) is 6.25. The van der Waals surface area contributed by atoms with Gasteiger partial charge in [0.25, 0.3) is 0 Å². The summed E-state index contributed by atoms with van der Waals surface area (Å²) in [6.45, 7) is 3.35.